The third-order valence-electron chi connectivity index (χ3n) is 3.50. The molecule has 0 saturated heterocycles. The predicted octanol–water partition coefficient (Wildman–Crippen LogP) is 3.31. The van der Waals surface area contributed by atoms with Crippen molar-refractivity contribution in [2.24, 2.45) is 0 Å². The van der Waals surface area contributed by atoms with Crippen LogP contribution in [0.5, 0.6) is 0 Å². The largest absolute Gasteiger partial charge is 0.461 e. The number of hydrogen-bond donors (Lipinski definition) is 0. The van der Waals surface area contributed by atoms with Gasteiger partial charge in [-0.2, -0.15) is 0 Å². The smallest absolute Gasteiger partial charge is 0.355 e. The van der Waals surface area contributed by atoms with Crippen LogP contribution in [0.25, 0.3) is 10.9 Å². The lowest BCUT2D eigenvalue weighted by Crippen LogP contribution is -2.13. The monoisotopic (exact) mass is 290 g/mol. The maximum absolute atomic E-state index is 12.2. The van der Waals surface area contributed by atoms with Crippen molar-refractivity contribution >= 4 is 22.6 Å². The Morgan fingerprint density at radius 1 is 1.33 bits per heavy atom. The van der Waals surface area contributed by atoms with E-state index >= 15 is 0 Å². The van der Waals surface area contributed by atoms with E-state index in [1.165, 1.54) is 12.1 Å². The number of nitrogens with zero attached hydrogens (tertiary/aromatic N) is 2. The molecule has 0 spiro atoms. The Hall–Kier alpha value is -2.37. The van der Waals surface area contributed by atoms with Gasteiger partial charge in [-0.15, -0.1) is 0 Å². The summed E-state index contributed by atoms with van der Waals surface area (Å²) in [5.41, 5.74) is 2.15. The van der Waals surface area contributed by atoms with Crippen LogP contribution in [-0.4, -0.2) is 22.1 Å². The molecule has 0 aliphatic heterocycles. The summed E-state index contributed by atoms with van der Waals surface area (Å²) in [4.78, 5) is 22.7. The summed E-state index contributed by atoms with van der Waals surface area (Å²) in [6.45, 7) is 6.52. The topological polar surface area (TPSA) is 74.4 Å². The van der Waals surface area contributed by atoms with Crippen LogP contribution >= 0.6 is 0 Å². The zero-order chi connectivity index (χ0) is 15.6. The Bertz CT molecular complexity index is 703. The highest BCUT2D eigenvalue weighted by Crippen LogP contribution is 2.30. The second-order valence-electron chi connectivity index (χ2n) is 4.60. The van der Waals surface area contributed by atoms with Crippen LogP contribution in [0.2, 0.25) is 0 Å². The van der Waals surface area contributed by atoms with Gasteiger partial charge in [0.1, 0.15) is 5.69 Å². The number of nitro groups is 1. The normalized spacial score (nSPS) is 10.8. The van der Waals surface area contributed by atoms with Crippen LogP contribution in [0.3, 0.4) is 0 Å². The van der Waals surface area contributed by atoms with Crippen molar-refractivity contribution in [1.82, 2.24) is 4.57 Å². The highest BCUT2D eigenvalue weighted by molar-refractivity contribution is 5.99. The van der Waals surface area contributed by atoms with Gasteiger partial charge in [-0.1, -0.05) is 6.92 Å². The Kier molecular flexibility index (Phi) is 4.26. The summed E-state index contributed by atoms with van der Waals surface area (Å²) in [6.07, 6.45) is 0.610. The number of ether oxygens (including phenoxy) is 1. The minimum absolute atomic E-state index is 0.0286. The van der Waals surface area contributed by atoms with Crippen LogP contribution < -0.4 is 0 Å². The Labute approximate surface area is 122 Å². The highest BCUT2D eigenvalue weighted by Gasteiger charge is 2.23. The second kappa shape index (κ2) is 5.95. The lowest BCUT2D eigenvalue weighted by Gasteiger charge is -2.08. The molecule has 21 heavy (non-hydrogen) atoms. The SMILES string of the molecule is CCOC(=O)c1c(CC)c2cc([N+](=O)[O-])ccc2n1CC. The van der Waals surface area contributed by atoms with Gasteiger partial charge in [0.15, 0.2) is 0 Å². The minimum Gasteiger partial charge on any atom is -0.461 e. The molecule has 0 atom stereocenters. The van der Waals surface area contributed by atoms with Crippen LogP contribution in [0.15, 0.2) is 18.2 Å². The molecule has 0 N–H and O–H groups in total. The number of carbonyl (C=O) groups is 1. The van der Waals surface area contributed by atoms with Crippen LogP contribution in [0.1, 0.15) is 36.8 Å². The van der Waals surface area contributed by atoms with Gasteiger partial charge in [0.25, 0.3) is 5.69 Å². The first-order chi connectivity index (χ1) is 10.0. The van der Waals surface area contributed by atoms with E-state index in [1.54, 1.807) is 13.0 Å². The number of hydrogen-bond acceptors (Lipinski definition) is 4. The van der Waals surface area contributed by atoms with Crippen molar-refractivity contribution in [2.75, 3.05) is 6.61 Å². The first-order valence-corrected chi connectivity index (χ1v) is 7.01. The summed E-state index contributed by atoms with van der Waals surface area (Å²) in [7, 11) is 0. The lowest BCUT2D eigenvalue weighted by molar-refractivity contribution is -0.384. The molecule has 1 aromatic carbocycles. The fraction of sp³-hybridized carbons (Fsp3) is 0.400. The molecule has 0 aliphatic carbocycles. The predicted molar refractivity (Wildman–Crippen MR) is 79.6 cm³/mol. The van der Waals surface area contributed by atoms with Gasteiger partial charge in [-0.05, 0) is 31.9 Å². The van der Waals surface area contributed by atoms with E-state index in [4.69, 9.17) is 4.74 Å². The van der Waals surface area contributed by atoms with Crippen molar-refractivity contribution in [3.05, 3.63) is 39.6 Å². The molecule has 0 fully saturated rings. The molecule has 0 amide bonds. The van der Waals surface area contributed by atoms with E-state index in [1.807, 2.05) is 18.4 Å². The average molecular weight is 290 g/mol. The molecule has 1 heterocycles. The quantitative estimate of drug-likeness (QED) is 0.481. The highest BCUT2D eigenvalue weighted by atomic mass is 16.6. The fourth-order valence-electron chi connectivity index (χ4n) is 2.64. The second-order valence-corrected chi connectivity index (χ2v) is 4.60. The summed E-state index contributed by atoms with van der Waals surface area (Å²) in [6, 6.07) is 4.69. The number of rotatable bonds is 5. The molecule has 112 valence electrons. The van der Waals surface area contributed by atoms with Gasteiger partial charge in [0.05, 0.1) is 11.5 Å². The van der Waals surface area contributed by atoms with E-state index < -0.39 is 4.92 Å². The molecule has 0 unspecified atom stereocenters. The average Bonchev–Trinajstić information content (AvgIpc) is 2.79. The van der Waals surface area contributed by atoms with Crippen molar-refractivity contribution in [3.8, 4) is 0 Å². The molecule has 0 saturated carbocycles. The van der Waals surface area contributed by atoms with Gasteiger partial charge >= 0.3 is 5.97 Å². The summed E-state index contributed by atoms with van der Waals surface area (Å²) < 4.78 is 6.98. The number of fused-ring (bicyclic) bond motifs is 1. The number of aromatic nitrogens is 1. The zero-order valence-corrected chi connectivity index (χ0v) is 12.4. The van der Waals surface area contributed by atoms with Gasteiger partial charge in [-0.3, -0.25) is 10.1 Å². The molecular formula is C15H18N2O4. The molecule has 6 nitrogen and oxygen atoms in total. The number of benzene rings is 1. The number of carbonyl (C=O) groups excluding carboxylic acids is 1. The maximum atomic E-state index is 12.2. The lowest BCUT2D eigenvalue weighted by atomic mass is 10.1. The van der Waals surface area contributed by atoms with E-state index in [0.29, 0.717) is 25.3 Å². The van der Waals surface area contributed by atoms with E-state index in [2.05, 4.69) is 0 Å². The molecule has 6 heteroatoms. The summed E-state index contributed by atoms with van der Waals surface area (Å²) in [5.74, 6) is -0.380. The van der Waals surface area contributed by atoms with E-state index in [-0.39, 0.29) is 11.7 Å². The van der Waals surface area contributed by atoms with Gasteiger partial charge in [0.2, 0.25) is 0 Å². The standard InChI is InChI=1S/C15H18N2O4/c1-4-11-12-9-10(17(19)20)7-8-13(12)16(5-2)14(11)15(18)21-6-3/h7-9H,4-6H2,1-3H3. The third kappa shape index (κ3) is 2.49. The Morgan fingerprint density at radius 2 is 2.05 bits per heavy atom. The van der Waals surface area contributed by atoms with Crippen LogP contribution in [0, 0.1) is 10.1 Å². The summed E-state index contributed by atoms with van der Waals surface area (Å²) in [5, 5.41) is 11.7. The number of aryl methyl sites for hydroxylation is 2. The van der Waals surface area contributed by atoms with Crippen LogP contribution in [-0.2, 0) is 17.7 Å². The fourth-order valence-corrected chi connectivity index (χ4v) is 2.64. The molecule has 0 radical (unpaired) electrons. The van der Waals surface area contributed by atoms with Crippen molar-refractivity contribution in [3.63, 3.8) is 0 Å². The first kappa shape index (κ1) is 15.0. The summed E-state index contributed by atoms with van der Waals surface area (Å²) >= 11 is 0. The maximum Gasteiger partial charge on any atom is 0.355 e. The van der Waals surface area contributed by atoms with Crippen molar-refractivity contribution in [2.45, 2.75) is 33.7 Å². The van der Waals surface area contributed by atoms with E-state index in [0.717, 1.165) is 16.5 Å². The molecule has 0 aliphatic rings. The molecule has 1 aromatic heterocycles. The van der Waals surface area contributed by atoms with Crippen LogP contribution in [0.4, 0.5) is 5.69 Å². The molecule has 2 aromatic rings. The van der Waals surface area contributed by atoms with Gasteiger partial charge in [0, 0.05) is 29.6 Å². The van der Waals surface area contributed by atoms with Crippen molar-refractivity contribution < 1.29 is 14.5 Å². The first-order valence-electron chi connectivity index (χ1n) is 7.01. The van der Waals surface area contributed by atoms with Gasteiger partial charge in [-0.25, -0.2) is 4.79 Å². The number of esters is 1. The number of non-ortho nitro benzene ring substituents is 1. The van der Waals surface area contributed by atoms with Crippen molar-refractivity contribution in [1.29, 1.82) is 0 Å². The molecule has 0 bridgehead atoms. The van der Waals surface area contributed by atoms with Gasteiger partial charge < -0.3 is 9.30 Å². The number of nitro benzene ring substituents is 1. The molecule has 2 rings (SSSR count). The zero-order valence-electron chi connectivity index (χ0n) is 12.4. The Balaban J connectivity index is 2.77. The Morgan fingerprint density at radius 3 is 2.57 bits per heavy atom. The third-order valence-corrected chi connectivity index (χ3v) is 3.50. The minimum atomic E-state index is -0.424. The molecular weight excluding hydrogens is 272 g/mol. The van der Waals surface area contributed by atoms with E-state index in [9.17, 15) is 14.9 Å².